The third-order valence-corrected chi connectivity index (χ3v) is 3.94. The van der Waals surface area contributed by atoms with E-state index in [2.05, 4.69) is 34.4 Å². The Morgan fingerprint density at radius 2 is 2.00 bits per heavy atom. The minimum atomic E-state index is 0.209. The number of hydrogen-bond acceptors (Lipinski definition) is 4. The van der Waals surface area contributed by atoms with Crippen molar-refractivity contribution in [1.29, 1.82) is 0 Å². The topological polar surface area (TPSA) is 47.6 Å². The summed E-state index contributed by atoms with van der Waals surface area (Å²) in [6, 6.07) is 0. The molecule has 0 aliphatic carbocycles. The molecule has 2 fully saturated rings. The first-order chi connectivity index (χ1) is 8.65. The zero-order chi connectivity index (χ0) is 13.0. The predicted octanol–water partition coefficient (Wildman–Crippen LogP) is -0.794. The number of rotatable bonds is 5. The van der Waals surface area contributed by atoms with E-state index < -0.39 is 0 Å². The van der Waals surface area contributed by atoms with Crippen LogP contribution in [0.3, 0.4) is 0 Å². The van der Waals surface area contributed by atoms with Gasteiger partial charge in [0.1, 0.15) is 0 Å². The van der Waals surface area contributed by atoms with Crippen molar-refractivity contribution in [1.82, 2.24) is 20.4 Å². The van der Waals surface area contributed by atoms with E-state index in [1.807, 2.05) is 0 Å². The van der Waals surface area contributed by atoms with Crippen molar-refractivity contribution in [3.63, 3.8) is 0 Å². The first-order valence-electron chi connectivity index (χ1n) is 7.04. The molecule has 0 radical (unpaired) electrons. The number of carbonyl (C=O) groups excluding carboxylic acids is 1. The van der Waals surface area contributed by atoms with E-state index in [-0.39, 0.29) is 11.8 Å². The van der Waals surface area contributed by atoms with Gasteiger partial charge in [-0.25, -0.2) is 0 Å². The Bertz CT molecular complexity index is 272. The highest BCUT2D eigenvalue weighted by atomic mass is 16.2. The van der Waals surface area contributed by atoms with Gasteiger partial charge < -0.3 is 20.4 Å². The monoisotopic (exact) mass is 254 g/mol. The standard InChI is InChI=1S/C13H26N4O/c1-11(7-15-13(18)12-8-14-9-12)10-17-5-3-16(2)4-6-17/h11-12,14H,3-10H2,1-2H3,(H,15,18). The molecular formula is C13H26N4O. The molecular weight excluding hydrogens is 228 g/mol. The number of piperazine rings is 1. The van der Waals surface area contributed by atoms with Gasteiger partial charge in [0.05, 0.1) is 5.92 Å². The van der Waals surface area contributed by atoms with Crippen molar-refractivity contribution in [3.05, 3.63) is 0 Å². The fourth-order valence-electron chi connectivity index (χ4n) is 2.43. The fourth-order valence-corrected chi connectivity index (χ4v) is 2.43. The Morgan fingerprint density at radius 3 is 2.56 bits per heavy atom. The SMILES string of the molecule is CC(CNC(=O)C1CNC1)CN1CCN(C)CC1. The van der Waals surface area contributed by atoms with Crippen LogP contribution in [0.5, 0.6) is 0 Å². The maximum absolute atomic E-state index is 11.7. The first-order valence-corrected chi connectivity index (χ1v) is 7.04. The molecule has 5 heteroatoms. The van der Waals surface area contributed by atoms with Crippen molar-refractivity contribution >= 4 is 5.91 Å². The molecule has 2 rings (SSSR count). The number of nitrogens with zero attached hydrogens (tertiary/aromatic N) is 2. The summed E-state index contributed by atoms with van der Waals surface area (Å²) >= 11 is 0. The van der Waals surface area contributed by atoms with Gasteiger partial charge in [0.2, 0.25) is 5.91 Å². The molecule has 1 atom stereocenters. The Kier molecular flexibility index (Phi) is 4.97. The summed E-state index contributed by atoms with van der Waals surface area (Å²) in [5, 5.41) is 6.19. The van der Waals surface area contributed by atoms with Crippen LogP contribution in [0.25, 0.3) is 0 Å². The lowest BCUT2D eigenvalue weighted by Gasteiger charge is -2.34. The minimum absolute atomic E-state index is 0.209. The van der Waals surface area contributed by atoms with E-state index in [0.29, 0.717) is 5.92 Å². The highest BCUT2D eigenvalue weighted by Crippen LogP contribution is 2.05. The van der Waals surface area contributed by atoms with Crippen molar-refractivity contribution in [2.24, 2.45) is 11.8 Å². The Hall–Kier alpha value is -0.650. The molecule has 2 saturated heterocycles. The lowest BCUT2D eigenvalue weighted by atomic mass is 10.0. The van der Waals surface area contributed by atoms with E-state index >= 15 is 0 Å². The summed E-state index contributed by atoms with van der Waals surface area (Å²) < 4.78 is 0. The van der Waals surface area contributed by atoms with Gasteiger partial charge in [-0.15, -0.1) is 0 Å². The maximum atomic E-state index is 11.7. The first kappa shape index (κ1) is 13.8. The lowest BCUT2D eigenvalue weighted by Crippen LogP contribution is -2.52. The van der Waals surface area contributed by atoms with E-state index in [0.717, 1.165) is 52.4 Å². The summed E-state index contributed by atoms with van der Waals surface area (Å²) in [5.74, 6) is 0.963. The molecule has 2 aliphatic heterocycles. The van der Waals surface area contributed by atoms with Crippen LogP contribution >= 0.6 is 0 Å². The van der Waals surface area contributed by atoms with Gasteiger partial charge in [0.25, 0.3) is 0 Å². The van der Waals surface area contributed by atoms with Gasteiger partial charge in [-0.2, -0.15) is 0 Å². The summed E-state index contributed by atoms with van der Waals surface area (Å²) in [7, 11) is 2.17. The third-order valence-electron chi connectivity index (χ3n) is 3.94. The minimum Gasteiger partial charge on any atom is -0.355 e. The zero-order valence-corrected chi connectivity index (χ0v) is 11.6. The maximum Gasteiger partial charge on any atom is 0.225 e. The molecule has 1 amide bonds. The molecule has 5 nitrogen and oxygen atoms in total. The van der Waals surface area contributed by atoms with E-state index in [4.69, 9.17) is 0 Å². The van der Waals surface area contributed by atoms with Crippen molar-refractivity contribution < 1.29 is 4.79 Å². The second-order valence-corrected chi connectivity index (χ2v) is 5.81. The van der Waals surface area contributed by atoms with Crippen molar-refractivity contribution in [2.45, 2.75) is 6.92 Å². The van der Waals surface area contributed by atoms with Crippen LogP contribution in [-0.2, 0) is 4.79 Å². The average molecular weight is 254 g/mol. The molecule has 2 aliphatic rings. The molecule has 104 valence electrons. The van der Waals surface area contributed by atoms with Crippen LogP contribution in [0.1, 0.15) is 6.92 Å². The average Bonchev–Trinajstić information content (AvgIpc) is 2.27. The Labute approximate surface area is 110 Å². The van der Waals surface area contributed by atoms with Crippen LogP contribution in [0.4, 0.5) is 0 Å². The van der Waals surface area contributed by atoms with Gasteiger partial charge in [0, 0.05) is 52.4 Å². The van der Waals surface area contributed by atoms with Gasteiger partial charge in [-0.05, 0) is 13.0 Å². The second-order valence-electron chi connectivity index (χ2n) is 5.81. The van der Waals surface area contributed by atoms with Crippen molar-refractivity contribution in [2.75, 3.05) is 59.4 Å². The third kappa shape index (κ3) is 3.93. The lowest BCUT2D eigenvalue weighted by molar-refractivity contribution is -0.126. The predicted molar refractivity (Wildman–Crippen MR) is 72.5 cm³/mol. The van der Waals surface area contributed by atoms with Crippen LogP contribution < -0.4 is 10.6 Å². The van der Waals surface area contributed by atoms with E-state index in [1.165, 1.54) is 0 Å². The summed E-state index contributed by atoms with van der Waals surface area (Å²) in [4.78, 5) is 16.6. The highest BCUT2D eigenvalue weighted by molar-refractivity contribution is 5.79. The summed E-state index contributed by atoms with van der Waals surface area (Å²) in [5.41, 5.74) is 0. The molecule has 18 heavy (non-hydrogen) atoms. The van der Waals surface area contributed by atoms with Crippen LogP contribution in [0, 0.1) is 11.8 Å². The normalized spacial score (nSPS) is 24.6. The molecule has 2 N–H and O–H groups in total. The fraction of sp³-hybridized carbons (Fsp3) is 0.923. The molecule has 0 saturated carbocycles. The number of hydrogen-bond donors (Lipinski definition) is 2. The second kappa shape index (κ2) is 6.50. The van der Waals surface area contributed by atoms with Gasteiger partial charge in [-0.1, -0.05) is 6.92 Å². The van der Waals surface area contributed by atoms with Crippen LogP contribution in [0.2, 0.25) is 0 Å². The molecule has 2 heterocycles. The number of carbonyl (C=O) groups is 1. The van der Waals surface area contributed by atoms with Gasteiger partial charge in [0.15, 0.2) is 0 Å². The van der Waals surface area contributed by atoms with E-state index in [9.17, 15) is 4.79 Å². The van der Waals surface area contributed by atoms with Crippen molar-refractivity contribution in [3.8, 4) is 0 Å². The van der Waals surface area contributed by atoms with Gasteiger partial charge in [-0.3, -0.25) is 4.79 Å². The smallest absolute Gasteiger partial charge is 0.225 e. The molecule has 0 aromatic rings. The summed E-state index contributed by atoms with van der Waals surface area (Å²) in [6.07, 6.45) is 0. The molecule has 1 unspecified atom stereocenters. The Balaban J connectivity index is 1.59. The molecule has 0 aromatic heterocycles. The van der Waals surface area contributed by atoms with Crippen LogP contribution in [0.15, 0.2) is 0 Å². The highest BCUT2D eigenvalue weighted by Gasteiger charge is 2.25. The van der Waals surface area contributed by atoms with Gasteiger partial charge >= 0.3 is 0 Å². The summed E-state index contributed by atoms with van der Waals surface area (Å²) in [6.45, 7) is 10.4. The van der Waals surface area contributed by atoms with E-state index in [1.54, 1.807) is 0 Å². The van der Waals surface area contributed by atoms with Crippen LogP contribution in [-0.4, -0.2) is 75.1 Å². The molecule has 0 bridgehead atoms. The zero-order valence-electron chi connectivity index (χ0n) is 11.6. The largest absolute Gasteiger partial charge is 0.355 e. The molecule has 0 aromatic carbocycles. The quantitative estimate of drug-likeness (QED) is 0.675. The number of amides is 1. The number of nitrogens with one attached hydrogen (secondary N) is 2. The molecule has 0 spiro atoms. The Morgan fingerprint density at radius 1 is 1.33 bits per heavy atom. The number of likely N-dealkylation sites (N-methyl/N-ethyl adjacent to an activating group) is 1.